The van der Waals surface area contributed by atoms with Gasteiger partial charge in [-0.3, -0.25) is 9.59 Å². The van der Waals surface area contributed by atoms with Crippen LogP contribution in [0.15, 0.2) is 12.1 Å². The van der Waals surface area contributed by atoms with Gasteiger partial charge in [-0.05, 0) is 48.9 Å². The lowest BCUT2D eigenvalue weighted by Gasteiger charge is -2.30. The second-order valence-corrected chi connectivity index (χ2v) is 7.22. The minimum absolute atomic E-state index is 0.0599. The number of benzene rings is 1. The third-order valence-corrected chi connectivity index (χ3v) is 5.40. The van der Waals surface area contributed by atoms with Crippen LogP contribution in [0.3, 0.4) is 0 Å². The maximum Gasteiger partial charge on any atom is 0.226 e. The summed E-state index contributed by atoms with van der Waals surface area (Å²) in [5.41, 5.74) is 2.29. The van der Waals surface area contributed by atoms with Crippen molar-refractivity contribution in [3.8, 4) is 11.5 Å². The number of methoxy groups -OCH3 is 2. The molecule has 0 spiro atoms. The van der Waals surface area contributed by atoms with E-state index in [-0.39, 0.29) is 23.7 Å². The molecule has 2 saturated carbocycles. The zero-order valence-corrected chi connectivity index (χ0v) is 14.7. The standard InChI is InChI=1S/C19H24N2O4/c1-24-16-7-11-5-6-21(10-12(11)8-17(16)25-2)19(23)15-9-14(15)18(22)20-13-3-4-13/h7-8,13-15H,3-6,9-10H2,1-2H3,(H,20,22). The van der Waals surface area contributed by atoms with Gasteiger partial charge in [0.1, 0.15) is 0 Å². The van der Waals surface area contributed by atoms with Gasteiger partial charge in [0.05, 0.1) is 26.1 Å². The molecule has 2 unspecified atom stereocenters. The van der Waals surface area contributed by atoms with Crippen LogP contribution in [0.5, 0.6) is 11.5 Å². The fraction of sp³-hybridized carbons (Fsp3) is 0.579. The van der Waals surface area contributed by atoms with E-state index in [1.807, 2.05) is 17.0 Å². The zero-order valence-electron chi connectivity index (χ0n) is 14.7. The van der Waals surface area contributed by atoms with Gasteiger partial charge in [0.2, 0.25) is 11.8 Å². The summed E-state index contributed by atoms with van der Waals surface area (Å²) in [5, 5.41) is 3.01. The third kappa shape index (κ3) is 3.17. The number of hydrogen-bond donors (Lipinski definition) is 1. The largest absolute Gasteiger partial charge is 0.493 e. The van der Waals surface area contributed by atoms with Gasteiger partial charge < -0.3 is 19.7 Å². The Morgan fingerprint density at radius 1 is 1.08 bits per heavy atom. The number of hydrogen-bond acceptors (Lipinski definition) is 4. The van der Waals surface area contributed by atoms with Crippen molar-refractivity contribution in [2.45, 2.75) is 38.3 Å². The molecule has 0 saturated heterocycles. The second kappa shape index (κ2) is 6.24. The van der Waals surface area contributed by atoms with Crippen molar-refractivity contribution in [3.05, 3.63) is 23.3 Å². The summed E-state index contributed by atoms with van der Waals surface area (Å²) in [7, 11) is 3.24. The molecule has 3 aliphatic rings. The molecule has 6 heteroatoms. The van der Waals surface area contributed by atoms with E-state index in [1.54, 1.807) is 14.2 Å². The van der Waals surface area contributed by atoms with E-state index in [4.69, 9.17) is 9.47 Å². The molecule has 1 aliphatic heterocycles. The zero-order chi connectivity index (χ0) is 17.6. The van der Waals surface area contributed by atoms with Crippen molar-refractivity contribution in [2.24, 2.45) is 11.8 Å². The Bertz CT molecular complexity index is 714. The van der Waals surface area contributed by atoms with Crippen molar-refractivity contribution < 1.29 is 19.1 Å². The number of nitrogens with one attached hydrogen (secondary N) is 1. The molecule has 1 heterocycles. The van der Waals surface area contributed by atoms with Crippen LogP contribution in [0, 0.1) is 11.8 Å². The summed E-state index contributed by atoms with van der Waals surface area (Å²) >= 11 is 0. The fourth-order valence-corrected chi connectivity index (χ4v) is 3.60. The summed E-state index contributed by atoms with van der Waals surface area (Å²) in [4.78, 5) is 26.7. The average molecular weight is 344 g/mol. The predicted molar refractivity (Wildman–Crippen MR) is 91.4 cm³/mol. The molecular formula is C19H24N2O4. The molecule has 0 aromatic heterocycles. The van der Waals surface area contributed by atoms with Gasteiger partial charge in [0.25, 0.3) is 0 Å². The Balaban J connectivity index is 1.42. The van der Waals surface area contributed by atoms with Crippen LogP contribution in [0.1, 0.15) is 30.4 Å². The molecule has 2 amide bonds. The van der Waals surface area contributed by atoms with Crippen LogP contribution < -0.4 is 14.8 Å². The van der Waals surface area contributed by atoms with Crippen molar-refractivity contribution >= 4 is 11.8 Å². The van der Waals surface area contributed by atoms with E-state index in [9.17, 15) is 9.59 Å². The fourth-order valence-electron chi connectivity index (χ4n) is 3.60. The van der Waals surface area contributed by atoms with Gasteiger partial charge >= 0.3 is 0 Å². The highest BCUT2D eigenvalue weighted by Gasteiger charge is 2.50. The quantitative estimate of drug-likeness (QED) is 0.879. The molecule has 134 valence electrons. The molecule has 2 atom stereocenters. The van der Waals surface area contributed by atoms with Crippen LogP contribution in [-0.4, -0.2) is 43.5 Å². The van der Waals surface area contributed by atoms with Gasteiger partial charge in [0, 0.05) is 19.1 Å². The molecule has 2 fully saturated rings. The van der Waals surface area contributed by atoms with E-state index in [1.165, 1.54) is 5.56 Å². The first-order valence-electron chi connectivity index (χ1n) is 8.93. The third-order valence-electron chi connectivity index (χ3n) is 5.40. The van der Waals surface area contributed by atoms with E-state index in [2.05, 4.69) is 5.32 Å². The molecule has 0 bridgehead atoms. The summed E-state index contributed by atoms with van der Waals surface area (Å²) in [5.74, 6) is 1.31. The van der Waals surface area contributed by atoms with Crippen molar-refractivity contribution in [1.29, 1.82) is 0 Å². The Morgan fingerprint density at radius 2 is 1.76 bits per heavy atom. The maximum atomic E-state index is 12.8. The first kappa shape index (κ1) is 16.2. The number of ether oxygens (including phenoxy) is 2. The predicted octanol–water partition coefficient (Wildman–Crippen LogP) is 1.50. The lowest BCUT2D eigenvalue weighted by molar-refractivity contribution is -0.135. The van der Waals surface area contributed by atoms with Crippen molar-refractivity contribution in [3.63, 3.8) is 0 Å². The molecular weight excluding hydrogens is 320 g/mol. The minimum Gasteiger partial charge on any atom is -0.493 e. The second-order valence-electron chi connectivity index (χ2n) is 7.22. The number of carbonyl (C=O) groups excluding carboxylic acids is 2. The Labute approximate surface area is 147 Å². The van der Waals surface area contributed by atoms with Crippen molar-refractivity contribution in [1.82, 2.24) is 10.2 Å². The normalized spacial score (nSPS) is 24.3. The van der Waals surface area contributed by atoms with E-state index in [0.29, 0.717) is 31.3 Å². The lowest BCUT2D eigenvalue weighted by atomic mass is 9.98. The Morgan fingerprint density at radius 3 is 2.40 bits per heavy atom. The van der Waals surface area contributed by atoms with Crippen molar-refractivity contribution in [2.75, 3.05) is 20.8 Å². The molecule has 1 aromatic carbocycles. The van der Waals surface area contributed by atoms with Gasteiger partial charge in [-0.2, -0.15) is 0 Å². The summed E-state index contributed by atoms with van der Waals surface area (Å²) in [6.45, 7) is 1.26. The molecule has 25 heavy (non-hydrogen) atoms. The Kier molecular flexibility index (Phi) is 4.06. The van der Waals surface area contributed by atoms with Crippen LogP contribution in [0.4, 0.5) is 0 Å². The SMILES string of the molecule is COc1cc2c(cc1OC)CN(C(=O)C1CC1C(=O)NC1CC1)CC2. The number of rotatable bonds is 5. The van der Waals surface area contributed by atoms with Gasteiger partial charge in [-0.15, -0.1) is 0 Å². The topological polar surface area (TPSA) is 67.9 Å². The number of amides is 2. The average Bonchev–Trinajstić information content (AvgIpc) is 3.53. The smallest absolute Gasteiger partial charge is 0.226 e. The first-order valence-corrected chi connectivity index (χ1v) is 8.93. The van der Waals surface area contributed by atoms with E-state index < -0.39 is 0 Å². The van der Waals surface area contributed by atoms with E-state index in [0.717, 1.165) is 30.6 Å². The molecule has 2 aliphatic carbocycles. The van der Waals surface area contributed by atoms with Crippen LogP contribution in [0.25, 0.3) is 0 Å². The van der Waals surface area contributed by atoms with Crippen LogP contribution in [0.2, 0.25) is 0 Å². The number of nitrogens with zero attached hydrogens (tertiary/aromatic N) is 1. The minimum atomic E-state index is -0.138. The molecule has 1 aromatic rings. The summed E-state index contributed by atoms with van der Waals surface area (Å²) in [6, 6.07) is 4.31. The molecule has 6 nitrogen and oxygen atoms in total. The lowest BCUT2D eigenvalue weighted by Crippen LogP contribution is -2.38. The monoisotopic (exact) mass is 344 g/mol. The first-order chi connectivity index (χ1) is 12.1. The summed E-state index contributed by atoms with van der Waals surface area (Å²) < 4.78 is 10.7. The van der Waals surface area contributed by atoms with Gasteiger partial charge in [-0.1, -0.05) is 0 Å². The molecule has 0 radical (unpaired) electrons. The molecule has 4 rings (SSSR count). The highest BCUT2D eigenvalue weighted by molar-refractivity contribution is 5.92. The molecule has 1 N–H and O–H groups in total. The Hall–Kier alpha value is -2.24. The van der Waals surface area contributed by atoms with Crippen LogP contribution >= 0.6 is 0 Å². The highest BCUT2D eigenvalue weighted by atomic mass is 16.5. The van der Waals surface area contributed by atoms with Gasteiger partial charge in [0.15, 0.2) is 11.5 Å². The van der Waals surface area contributed by atoms with Crippen LogP contribution in [-0.2, 0) is 22.6 Å². The summed E-state index contributed by atoms with van der Waals surface area (Å²) in [6.07, 6.45) is 3.64. The maximum absolute atomic E-state index is 12.8. The van der Waals surface area contributed by atoms with E-state index >= 15 is 0 Å². The number of carbonyl (C=O) groups is 2. The van der Waals surface area contributed by atoms with Gasteiger partial charge in [-0.25, -0.2) is 0 Å². The highest BCUT2D eigenvalue weighted by Crippen LogP contribution is 2.42. The number of fused-ring (bicyclic) bond motifs is 1.